The van der Waals surface area contributed by atoms with E-state index in [1.807, 2.05) is 0 Å². The summed E-state index contributed by atoms with van der Waals surface area (Å²) in [5, 5.41) is 3.66. The van der Waals surface area contributed by atoms with E-state index in [2.05, 4.69) is 12.2 Å². The third-order valence-electron chi connectivity index (χ3n) is 2.82. The minimum atomic E-state index is 0.838. The van der Waals surface area contributed by atoms with Gasteiger partial charge < -0.3 is 5.32 Å². The summed E-state index contributed by atoms with van der Waals surface area (Å²) in [6, 6.07) is 0.838. The molecule has 1 nitrogen and oxygen atoms in total. The minimum absolute atomic E-state index is 0.838. The van der Waals surface area contributed by atoms with Crippen LogP contribution in [0.4, 0.5) is 0 Å². The zero-order valence-corrected chi connectivity index (χ0v) is 8.44. The highest BCUT2D eigenvalue weighted by Crippen LogP contribution is 2.13. The van der Waals surface area contributed by atoms with Crippen molar-refractivity contribution >= 4 is 0 Å². The Morgan fingerprint density at radius 1 is 1.17 bits per heavy atom. The summed E-state index contributed by atoms with van der Waals surface area (Å²) in [6.07, 6.45) is 11.3. The predicted octanol–water partition coefficient (Wildman–Crippen LogP) is 3.10. The molecule has 1 N–H and O–H groups in total. The van der Waals surface area contributed by atoms with E-state index < -0.39 is 0 Å². The first-order valence-corrected chi connectivity index (χ1v) is 5.67. The number of hydrogen-bond acceptors (Lipinski definition) is 1. The zero-order valence-electron chi connectivity index (χ0n) is 8.44. The molecule has 1 atom stereocenters. The maximum absolute atomic E-state index is 3.66. The molecule has 1 saturated heterocycles. The molecule has 72 valence electrons. The molecule has 0 aliphatic carbocycles. The fourth-order valence-corrected chi connectivity index (χ4v) is 1.97. The fraction of sp³-hybridized carbons (Fsp3) is 1.00. The molecule has 0 saturated carbocycles. The van der Waals surface area contributed by atoms with Crippen molar-refractivity contribution in [3.63, 3.8) is 0 Å². The van der Waals surface area contributed by atoms with Gasteiger partial charge in [0.15, 0.2) is 0 Å². The van der Waals surface area contributed by atoms with E-state index in [4.69, 9.17) is 0 Å². The molecule has 0 aromatic carbocycles. The largest absolute Gasteiger partial charge is 0.314 e. The quantitative estimate of drug-likeness (QED) is 0.684. The molecule has 1 unspecified atom stereocenters. The summed E-state index contributed by atoms with van der Waals surface area (Å²) < 4.78 is 0. The highest BCUT2D eigenvalue weighted by Gasteiger charge is 2.08. The molecule has 0 aromatic heterocycles. The van der Waals surface area contributed by atoms with Crippen molar-refractivity contribution in [2.24, 2.45) is 0 Å². The lowest BCUT2D eigenvalue weighted by Crippen LogP contribution is -2.31. The van der Waals surface area contributed by atoms with Gasteiger partial charge in [0.25, 0.3) is 0 Å². The number of hydrogen-bond donors (Lipinski definition) is 1. The lowest BCUT2D eigenvalue weighted by Gasteiger charge is -2.20. The topological polar surface area (TPSA) is 12.0 Å². The molecular formula is C11H23N. The Morgan fingerprint density at radius 3 is 2.83 bits per heavy atom. The Bertz CT molecular complexity index is 90.4. The van der Waals surface area contributed by atoms with Gasteiger partial charge in [-0.25, -0.2) is 0 Å². The first kappa shape index (κ1) is 10.0. The molecule has 12 heavy (non-hydrogen) atoms. The Morgan fingerprint density at radius 2 is 2.00 bits per heavy atom. The first-order chi connectivity index (χ1) is 5.93. The Hall–Kier alpha value is -0.0400. The monoisotopic (exact) mass is 169 g/mol. The van der Waals surface area contributed by atoms with Crippen LogP contribution in [0.5, 0.6) is 0 Å². The van der Waals surface area contributed by atoms with Crippen LogP contribution in [0, 0.1) is 0 Å². The summed E-state index contributed by atoms with van der Waals surface area (Å²) in [5.74, 6) is 0. The lowest BCUT2D eigenvalue weighted by molar-refractivity contribution is 0.391. The second-order valence-corrected chi connectivity index (χ2v) is 4.00. The van der Waals surface area contributed by atoms with Crippen molar-refractivity contribution in [2.75, 3.05) is 6.54 Å². The fourth-order valence-electron chi connectivity index (χ4n) is 1.97. The second-order valence-electron chi connectivity index (χ2n) is 4.00. The van der Waals surface area contributed by atoms with E-state index in [1.54, 1.807) is 0 Å². The van der Waals surface area contributed by atoms with Crippen molar-refractivity contribution < 1.29 is 0 Å². The number of unbranched alkanes of at least 4 members (excludes halogenated alkanes) is 1. The third-order valence-corrected chi connectivity index (χ3v) is 2.82. The molecule has 1 rings (SSSR count). The second kappa shape index (κ2) is 6.47. The van der Waals surface area contributed by atoms with Crippen LogP contribution in [0.15, 0.2) is 0 Å². The van der Waals surface area contributed by atoms with E-state index in [0.29, 0.717) is 0 Å². The summed E-state index contributed by atoms with van der Waals surface area (Å²) in [7, 11) is 0. The van der Waals surface area contributed by atoms with E-state index in [0.717, 1.165) is 6.04 Å². The molecule has 1 aliphatic rings. The maximum Gasteiger partial charge on any atom is 0.00670 e. The zero-order chi connectivity index (χ0) is 8.65. The SMILES string of the molecule is CCCCC1CCCCCCN1. The summed E-state index contributed by atoms with van der Waals surface area (Å²) in [5.41, 5.74) is 0. The van der Waals surface area contributed by atoms with Crippen LogP contribution >= 0.6 is 0 Å². The molecule has 1 heterocycles. The molecule has 0 radical (unpaired) electrons. The van der Waals surface area contributed by atoms with E-state index in [9.17, 15) is 0 Å². The smallest absolute Gasteiger partial charge is 0.00670 e. The van der Waals surface area contributed by atoms with Crippen molar-refractivity contribution in [1.29, 1.82) is 0 Å². The van der Waals surface area contributed by atoms with Crippen molar-refractivity contribution in [1.82, 2.24) is 5.32 Å². The maximum atomic E-state index is 3.66. The van der Waals surface area contributed by atoms with Gasteiger partial charge in [-0.05, 0) is 25.8 Å². The third kappa shape index (κ3) is 4.10. The van der Waals surface area contributed by atoms with E-state index >= 15 is 0 Å². The summed E-state index contributed by atoms with van der Waals surface area (Å²) in [4.78, 5) is 0. The van der Waals surface area contributed by atoms with E-state index in [1.165, 1.54) is 57.9 Å². The van der Waals surface area contributed by atoms with Crippen LogP contribution in [0.25, 0.3) is 0 Å². The van der Waals surface area contributed by atoms with Gasteiger partial charge in [-0.2, -0.15) is 0 Å². The molecule has 1 aliphatic heterocycles. The average molecular weight is 169 g/mol. The van der Waals surface area contributed by atoms with Gasteiger partial charge in [-0.1, -0.05) is 39.0 Å². The van der Waals surface area contributed by atoms with Crippen molar-refractivity contribution in [2.45, 2.75) is 64.3 Å². The van der Waals surface area contributed by atoms with E-state index in [-0.39, 0.29) is 0 Å². The Kier molecular flexibility index (Phi) is 5.42. The summed E-state index contributed by atoms with van der Waals surface area (Å²) >= 11 is 0. The van der Waals surface area contributed by atoms with Crippen LogP contribution in [-0.2, 0) is 0 Å². The Labute approximate surface area is 76.9 Å². The van der Waals surface area contributed by atoms with Gasteiger partial charge >= 0.3 is 0 Å². The van der Waals surface area contributed by atoms with Crippen LogP contribution in [0.1, 0.15) is 58.3 Å². The molecule has 0 spiro atoms. The highest BCUT2D eigenvalue weighted by molar-refractivity contribution is 4.69. The molecule has 0 bridgehead atoms. The predicted molar refractivity (Wildman–Crippen MR) is 54.4 cm³/mol. The standard InChI is InChI=1S/C11H23N/c1-2-3-8-11-9-6-4-5-7-10-12-11/h11-12H,2-10H2,1H3. The van der Waals surface area contributed by atoms with Crippen LogP contribution in [0.3, 0.4) is 0 Å². The van der Waals surface area contributed by atoms with Gasteiger partial charge in [-0.15, -0.1) is 0 Å². The Balaban J connectivity index is 2.11. The van der Waals surface area contributed by atoms with Crippen LogP contribution < -0.4 is 5.32 Å². The van der Waals surface area contributed by atoms with Gasteiger partial charge in [0, 0.05) is 6.04 Å². The highest BCUT2D eigenvalue weighted by atomic mass is 14.9. The van der Waals surface area contributed by atoms with Crippen LogP contribution in [0.2, 0.25) is 0 Å². The van der Waals surface area contributed by atoms with Gasteiger partial charge in [0.1, 0.15) is 0 Å². The van der Waals surface area contributed by atoms with Crippen LogP contribution in [-0.4, -0.2) is 12.6 Å². The number of nitrogens with one attached hydrogen (secondary N) is 1. The van der Waals surface area contributed by atoms with Gasteiger partial charge in [0.05, 0.1) is 0 Å². The first-order valence-electron chi connectivity index (χ1n) is 5.67. The van der Waals surface area contributed by atoms with Gasteiger partial charge in [0.2, 0.25) is 0 Å². The average Bonchev–Trinajstić information content (AvgIpc) is 2.02. The van der Waals surface area contributed by atoms with Crippen molar-refractivity contribution in [3.05, 3.63) is 0 Å². The minimum Gasteiger partial charge on any atom is -0.314 e. The lowest BCUT2D eigenvalue weighted by atomic mass is 10.00. The molecule has 0 aromatic rings. The molecule has 0 amide bonds. The van der Waals surface area contributed by atoms with Gasteiger partial charge in [-0.3, -0.25) is 0 Å². The number of rotatable bonds is 3. The molecule has 1 fully saturated rings. The molecular weight excluding hydrogens is 146 g/mol. The van der Waals surface area contributed by atoms with Crippen molar-refractivity contribution in [3.8, 4) is 0 Å². The normalized spacial score (nSPS) is 26.2. The molecule has 1 heteroatoms. The summed E-state index contributed by atoms with van der Waals surface area (Å²) in [6.45, 7) is 3.54.